The molecule has 1 N–H and O–H groups in total. The van der Waals surface area contributed by atoms with Crippen molar-refractivity contribution in [3.63, 3.8) is 0 Å². The molecule has 3 aromatic rings. The molecule has 1 unspecified atom stereocenters. The molecule has 0 spiro atoms. The lowest BCUT2D eigenvalue weighted by Gasteiger charge is -2.18. The molecule has 4 nitrogen and oxygen atoms in total. The van der Waals surface area contributed by atoms with Gasteiger partial charge in [-0.2, -0.15) is 0 Å². The fraction of sp³-hybridized carbons (Fsp3) is 0.316. The highest BCUT2D eigenvalue weighted by Crippen LogP contribution is 2.39. The Bertz CT molecular complexity index is 914. The van der Waals surface area contributed by atoms with Crippen LogP contribution in [0.15, 0.2) is 30.6 Å². The van der Waals surface area contributed by atoms with Gasteiger partial charge in [0, 0.05) is 10.4 Å². The Morgan fingerprint density at radius 3 is 2.83 bits per heavy atom. The molecule has 0 bridgehead atoms. The van der Waals surface area contributed by atoms with Crippen molar-refractivity contribution < 1.29 is 4.79 Å². The molecular formula is C19H19N3OS. The van der Waals surface area contributed by atoms with E-state index in [9.17, 15) is 4.79 Å². The van der Waals surface area contributed by atoms with Gasteiger partial charge in [-0.15, -0.1) is 11.3 Å². The lowest BCUT2D eigenvalue weighted by Crippen LogP contribution is -2.14. The molecule has 0 aliphatic heterocycles. The summed E-state index contributed by atoms with van der Waals surface area (Å²) in [5.74, 6) is 1.17. The van der Waals surface area contributed by atoms with Crippen LogP contribution in [0.2, 0.25) is 0 Å². The van der Waals surface area contributed by atoms with Crippen LogP contribution in [0.4, 0.5) is 5.82 Å². The Kier molecular flexibility index (Phi) is 3.81. The van der Waals surface area contributed by atoms with Crippen LogP contribution >= 0.6 is 11.3 Å². The normalized spacial score (nSPS) is 16.8. The molecule has 24 heavy (non-hydrogen) atoms. The van der Waals surface area contributed by atoms with E-state index in [1.165, 1.54) is 16.9 Å². The average molecular weight is 337 g/mol. The van der Waals surface area contributed by atoms with Gasteiger partial charge >= 0.3 is 0 Å². The van der Waals surface area contributed by atoms with Crippen molar-refractivity contribution in [2.75, 3.05) is 5.32 Å². The summed E-state index contributed by atoms with van der Waals surface area (Å²) in [6.45, 7) is 4.29. The molecule has 2 aromatic heterocycles. The van der Waals surface area contributed by atoms with Crippen LogP contribution in [0.3, 0.4) is 0 Å². The largest absolute Gasteiger partial charge is 0.306 e. The first kappa shape index (κ1) is 15.3. The molecule has 1 atom stereocenters. The van der Waals surface area contributed by atoms with E-state index in [-0.39, 0.29) is 5.91 Å². The third kappa shape index (κ3) is 2.69. The maximum atomic E-state index is 12.6. The van der Waals surface area contributed by atoms with Gasteiger partial charge in [0.25, 0.3) is 5.91 Å². The zero-order valence-corrected chi connectivity index (χ0v) is 14.6. The number of nitrogens with one attached hydrogen (secondary N) is 1. The smallest absolute Gasteiger partial charge is 0.256 e. The van der Waals surface area contributed by atoms with Crippen LogP contribution in [-0.4, -0.2) is 15.9 Å². The second kappa shape index (κ2) is 5.98. The van der Waals surface area contributed by atoms with Crippen LogP contribution in [-0.2, 0) is 12.8 Å². The minimum atomic E-state index is -0.126. The third-order valence-electron chi connectivity index (χ3n) is 4.63. The van der Waals surface area contributed by atoms with Crippen LogP contribution in [0, 0.1) is 12.8 Å². The van der Waals surface area contributed by atoms with E-state index in [1.807, 2.05) is 31.2 Å². The summed E-state index contributed by atoms with van der Waals surface area (Å²) < 4.78 is 0. The SMILES string of the molecule is Cc1ccc(C(=O)Nc2ncnc3sc4c(c23)CC(C)CC4)cc1. The molecule has 1 aromatic carbocycles. The summed E-state index contributed by atoms with van der Waals surface area (Å²) in [4.78, 5) is 23.7. The second-order valence-electron chi connectivity index (χ2n) is 6.57. The number of hydrogen-bond donors (Lipinski definition) is 1. The Hall–Kier alpha value is -2.27. The zero-order valence-electron chi connectivity index (χ0n) is 13.8. The minimum absolute atomic E-state index is 0.126. The van der Waals surface area contributed by atoms with Crippen molar-refractivity contribution in [3.05, 3.63) is 52.2 Å². The van der Waals surface area contributed by atoms with Gasteiger partial charge in [-0.3, -0.25) is 4.79 Å². The first-order valence-corrected chi connectivity index (χ1v) is 9.06. The second-order valence-corrected chi connectivity index (χ2v) is 7.66. The molecule has 4 rings (SSSR count). The number of thiophene rings is 1. The van der Waals surface area contributed by atoms with Gasteiger partial charge in [0.2, 0.25) is 0 Å². The average Bonchev–Trinajstić information content (AvgIpc) is 2.94. The lowest BCUT2D eigenvalue weighted by atomic mass is 9.88. The number of hydrogen-bond acceptors (Lipinski definition) is 4. The van der Waals surface area contributed by atoms with E-state index in [0.717, 1.165) is 28.6 Å². The first-order chi connectivity index (χ1) is 11.6. The predicted molar refractivity (Wildman–Crippen MR) is 97.7 cm³/mol. The summed E-state index contributed by atoms with van der Waals surface area (Å²) in [7, 11) is 0. The monoisotopic (exact) mass is 337 g/mol. The van der Waals surface area contributed by atoms with Crippen LogP contribution < -0.4 is 5.32 Å². The maximum Gasteiger partial charge on any atom is 0.256 e. The molecule has 0 saturated heterocycles. The Morgan fingerprint density at radius 2 is 2.04 bits per heavy atom. The summed E-state index contributed by atoms with van der Waals surface area (Å²) in [6.07, 6.45) is 4.90. The van der Waals surface area contributed by atoms with Crippen molar-refractivity contribution in [1.82, 2.24) is 9.97 Å². The van der Waals surface area contributed by atoms with Gasteiger partial charge in [-0.1, -0.05) is 24.6 Å². The van der Waals surface area contributed by atoms with Crippen LogP contribution in [0.5, 0.6) is 0 Å². The Labute approximate surface area is 145 Å². The van der Waals surface area contributed by atoms with E-state index >= 15 is 0 Å². The Balaban J connectivity index is 1.73. The van der Waals surface area contributed by atoms with Crippen molar-refractivity contribution in [2.45, 2.75) is 33.1 Å². The summed E-state index contributed by atoms with van der Waals surface area (Å²) in [5, 5.41) is 4.02. The van der Waals surface area contributed by atoms with Gasteiger partial charge in [0.05, 0.1) is 5.39 Å². The topological polar surface area (TPSA) is 54.9 Å². The van der Waals surface area contributed by atoms with E-state index < -0.39 is 0 Å². The highest BCUT2D eigenvalue weighted by molar-refractivity contribution is 7.19. The van der Waals surface area contributed by atoms with Crippen molar-refractivity contribution >= 4 is 33.3 Å². The summed E-state index contributed by atoms with van der Waals surface area (Å²) in [6, 6.07) is 7.57. The lowest BCUT2D eigenvalue weighted by molar-refractivity contribution is 0.102. The van der Waals surface area contributed by atoms with E-state index in [4.69, 9.17) is 0 Å². The molecule has 0 saturated carbocycles. The molecular weight excluding hydrogens is 318 g/mol. The maximum absolute atomic E-state index is 12.6. The highest BCUT2D eigenvalue weighted by atomic mass is 32.1. The molecule has 1 amide bonds. The standard InChI is InChI=1S/C19H19N3OS/c1-11-3-6-13(7-4-11)18(23)22-17-16-14-9-12(2)5-8-15(14)24-19(16)21-10-20-17/h3-4,6-7,10,12H,5,8-9H2,1-2H3,(H,20,21,22,23). The third-order valence-corrected chi connectivity index (χ3v) is 5.83. The molecule has 5 heteroatoms. The zero-order chi connectivity index (χ0) is 16.7. The van der Waals surface area contributed by atoms with Crippen LogP contribution in [0.25, 0.3) is 10.2 Å². The number of anilines is 1. The molecule has 1 aliphatic carbocycles. The number of rotatable bonds is 2. The molecule has 122 valence electrons. The first-order valence-electron chi connectivity index (χ1n) is 8.25. The van der Waals surface area contributed by atoms with E-state index in [1.54, 1.807) is 17.7 Å². The van der Waals surface area contributed by atoms with Crippen molar-refractivity contribution in [2.24, 2.45) is 5.92 Å². The van der Waals surface area contributed by atoms with E-state index in [2.05, 4.69) is 22.2 Å². The number of carbonyl (C=O) groups is 1. The fourth-order valence-electron chi connectivity index (χ4n) is 3.26. The predicted octanol–water partition coefficient (Wildman–Crippen LogP) is 4.38. The number of nitrogens with zero attached hydrogens (tertiary/aromatic N) is 2. The fourth-order valence-corrected chi connectivity index (χ4v) is 4.45. The number of aryl methyl sites for hydroxylation is 2. The van der Waals surface area contributed by atoms with Crippen molar-refractivity contribution in [3.8, 4) is 0 Å². The van der Waals surface area contributed by atoms with E-state index in [0.29, 0.717) is 17.3 Å². The van der Waals surface area contributed by atoms with Crippen molar-refractivity contribution in [1.29, 1.82) is 0 Å². The molecule has 0 radical (unpaired) electrons. The number of amides is 1. The quantitative estimate of drug-likeness (QED) is 0.755. The number of fused-ring (bicyclic) bond motifs is 3. The molecule has 0 fully saturated rings. The van der Waals surface area contributed by atoms with Gasteiger partial charge in [0.1, 0.15) is 17.0 Å². The number of aromatic nitrogens is 2. The summed E-state index contributed by atoms with van der Waals surface area (Å²) in [5.41, 5.74) is 3.11. The van der Waals surface area contributed by atoms with Crippen LogP contribution in [0.1, 0.15) is 39.7 Å². The Morgan fingerprint density at radius 1 is 1.25 bits per heavy atom. The van der Waals surface area contributed by atoms with Gasteiger partial charge in [-0.25, -0.2) is 9.97 Å². The summed E-state index contributed by atoms with van der Waals surface area (Å²) >= 11 is 1.74. The number of carbonyl (C=O) groups excluding carboxylic acids is 1. The number of benzene rings is 1. The van der Waals surface area contributed by atoms with Gasteiger partial charge in [-0.05, 0) is 49.8 Å². The van der Waals surface area contributed by atoms with Gasteiger partial charge in [0.15, 0.2) is 0 Å². The minimum Gasteiger partial charge on any atom is -0.306 e. The highest BCUT2D eigenvalue weighted by Gasteiger charge is 2.23. The molecule has 1 aliphatic rings. The van der Waals surface area contributed by atoms with Gasteiger partial charge < -0.3 is 5.32 Å². The molecule has 2 heterocycles.